The van der Waals surface area contributed by atoms with Crippen molar-refractivity contribution in [2.75, 3.05) is 66.8 Å². The third kappa shape index (κ3) is 42.4. The summed E-state index contributed by atoms with van der Waals surface area (Å²) in [6.07, 6.45) is 9.65. The molecule has 0 aliphatic carbocycles. The fourth-order valence-corrected chi connectivity index (χ4v) is 9.37. The standard InChI is InChI=1S/C57H39N6O3.2C4H10O2.C4H9O.2C2H4O2.CH2Cl2.3CHF3O3S.3Fe.H2O.O.Sc/c64-55(49-25-7-13-31-58-49,50-26-8-14-32-59-50)46-22-4-1-19-43(46)40-37-41(44-20-2-5-23-47(44)56(65,51-27-9-15-33-60-51)52-28-10-16-34-61-52)39-42(38-40)45-21-3-6-24-48(45)57(66,53-29-11-17-35-62-53)54-30-12-18-36-63-54;2*1-5-3-4-6-2;1-3-5-4-2;2*1-2(3)4;2-1-3;3*2-1(3,4)8(5,6)7;;;;;;/h1-39H;2*3-4H2,1-2H3;3H,4H2,1-2H3;2*1H3,(H,3,4);1H2;3*(H,5,6,7);;;;1H2;;/q-3;;;-1;;;;;;;3*+3;;-2;+3/p-6. The van der Waals surface area contributed by atoms with Gasteiger partial charge in [-0.2, -0.15) is 46.4 Å². The molecule has 29 nitrogen and oxygen atoms in total. The molecular formula is C77H77Cl2F9Fe3N6O23S3Sc. The molecule has 10 rings (SSSR count). The zero-order valence-corrected chi connectivity index (χ0v) is 75.0. The van der Waals surface area contributed by atoms with E-state index < -0.39 is 75.6 Å². The number of rotatable bonds is 20. The summed E-state index contributed by atoms with van der Waals surface area (Å²) in [6.45, 7) is 11.0. The Kier molecular flexibility index (Phi) is 65.0. The summed E-state index contributed by atoms with van der Waals surface area (Å²) in [6, 6.07) is 60.1. The number of benzene rings is 4. The van der Waals surface area contributed by atoms with Crippen molar-refractivity contribution in [1.82, 2.24) is 29.9 Å². The van der Waals surface area contributed by atoms with E-state index in [1.54, 1.807) is 181 Å². The van der Waals surface area contributed by atoms with Crippen LogP contribution in [0.3, 0.4) is 0 Å². The van der Waals surface area contributed by atoms with Crippen LogP contribution in [-0.4, -0.2) is 170 Å². The van der Waals surface area contributed by atoms with Gasteiger partial charge in [-0.15, -0.1) is 23.2 Å². The third-order valence-corrected chi connectivity index (χ3v) is 15.8. The second-order valence-electron chi connectivity index (χ2n) is 22.2. The van der Waals surface area contributed by atoms with E-state index >= 15 is 15.3 Å². The molecule has 0 atom stereocenters. The number of carbonyl (C=O) groups is 2. The van der Waals surface area contributed by atoms with E-state index in [1.807, 2.05) is 105 Å². The number of hydrogen-bond acceptors (Lipinski definition) is 28. The largest absolute Gasteiger partial charge is 3.00 e. The number of alkyl halides is 11. The van der Waals surface area contributed by atoms with Gasteiger partial charge in [0.05, 0.1) is 31.8 Å². The van der Waals surface area contributed by atoms with Gasteiger partial charge in [0.25, 0.3) is 0 Å². The first-order valence-corrected chi connectivity index (χ1v) is 38.5. The fraction of sp³-hybridized carbons (Fsp3) is 0.260. The number of pyridine rings is 6. The Hall–Kier alpha value is -7.57. The van der Waals surface area contributed by atoms with Gasteiger partial charge in [0.1, 0.15) is 0 Å². The average molecular weight is 2010 g/mol. The van der Waals surface area contributed by atoms with Gasteiger partial charge >= 0.3 is 93.6 Å². The fourth-order valence-electron chi connectivity index (χ4n) is 9.37. The summed E-state index contributed by atoms with van der Waals surface area (Å²) < 4.78 is 200. The van der Waals surface area contributed by atoms with Gasteiger partial charge in [-0.3, -0.25) is 29.9 Å². The molecule has 0 saturated heterocycles. The second kappa shape index (κ2) is 63.4. The van der Waals surface area contributed by atoms with E-state index in [1.165, 1.54) is 0 Å². The first-order valence-electron chi connectivity index (χ1n) is 33.2. The predicted octanol–water partition coefficient (Wildman–Crippen LogP) is 8.56. The zero-order valence-electron chi connectivity index (χ0n) is 66.0. The molecule has 6 heterocycles. The Morgan fingerprint density at radius 3 is 0.653 bits per heavy atom. The molecule has 1 N–H and O–H groups in total. The maximum absolute atomic E-state index is 16.0. The molecule has 0 bridgehead atoms. The molecule has 675 valence electrons. The van der Waals surface area contributed by atoms with Gasteiger partial charge in [-0.05, 0) is 162 Å². The number of ether oxygens (including phenoxy) is 5. The maximum Gasteiger partial charge on any atom is 3.00 e. The molecule has 0 spiro atoms. The zero-order chi connectivity index (χ0) is 89.6. The van der Waals surface area contributed by atoms with Crippen molar-refractivity contribution in [3.63, 3.8) is 0 Å². The summed E-state index contributed by atoms with van der Waals surface area (Å²) >= 11 is 9.53. The van der Waals surface area contributed by atoms with Gasteiger partial charge in [0.2, 0.25) is 0 Å². The van der Waals surface area contributed by atoms with Gasteiger partial charge in [0, 0.05) is 135 Å². The van der Waals surface area contributed by atoms with Crippen molar-refractivity contribution < 1.29 is 225 Å². The first-order chi connectivity index (χ1) is 55.3. The van der Waals surface area contributed by atoms with Crippen LogP contribution in [0.2, 0.25) is 0 Å². The predicted molar refractivity (Wildman–Crippen MR) is 405 cm³/mol. The van der Waals surface area contributed by atoms with Gasteiger partial charge in [-0.25, -0.2) is 31.9 Å². The van der Waals surface area contributed by atoms with Crippen molar-refractivity contribution in [2.45, 2.75) is 61.0 Å². The Labute approximate surface area is 770 Å². The van der Waals surface area contributed by atoms with E-state index in [-0.39, 0.29) is 128 Å². The second-order valence-corrected chi connectivity index (χ2v) is 27.1. The molecular weight excluding hydrogens is 1930 g/mol. The van der Waals surface area contributed by atoms with Crippen molar-refractivity contribution in [1.29, 1.82) is 0 Å². The molecule has 4 aromatic carbocycles. The molecule has 6 aromatic heterocycles. The van der Waals surface area contributed by atoms with Gasteiger partial charge in [0.15, 0.2) is 30.4 Å². The Morgan fingerprint density at radius 1 is 0.387 bits per heavy atom. The SMILES string of the molecule is CC(=O)[O-].CC(=O)[O-].COCCOC.COCCOC.C[CH-]OCC.ClCCl.O=S(=O)([O-])C(F)(F)F.O=S(=O)([O-])C(F)(F)F.O=S(=O)([O-])C(F)(F)F.[Fe+3].[Fe+3].[Fe+3].[O-2].[O-]C(c1ccccn1)(c1ccccn1)c1ccccc1-c1cc(-c2ccccc2C([O-])(c2ccccn2)c2ccccn2)cc(-c2ccccc2C([O-])(c2ccccn2)c2ccccn2)c1.[OH-].[Sc+3]. The van der Waals surface area contributed by atoms with Crippen molar-refractivity contribution in [3.8, 4) is 33.4 Å². The molecule has 0 amide bonds. The molecule has 0 saturated carbocycles. The van der Waals surface area contributed by atoms with Crippen LogP contribution in [0.4, 0.5) is 39.5 Å². The minimum atomic E-state index is -6.09. The summed E-state index contributed by atoms with van der Waals surface area (Å²) in [5.41, 5.74) is -16.5. The van der Waals surface area contributed by atoms with Crippen LogP contribution < -0.4 is 25.5 Å². The minimum absolute atomic E-state index is 0. The van der Waals surface area contributed by atoms with Crippen molar-refractivity contribution in [3.05, 3.63) is 295 Å². The number of aromatic nitrogens is 6. The number of methoxy groups -OCH3 is 4. The summed E-state index contributed by atoms with van der Waals surface area (Å²) in [4.78, 5) is 45.5. The molecule has 47 heteroatoms. The van der Waals surface area contributed by atoms with Gasteiger partial charge < -0.3 is 83.4 Å². The Balaban J connectivity index is -0.000000489. The van der Waals surface area contributed by atoms with Crippen LogP contribution in [0.5, 0.6) is 0 Å². The normalized spacial score (nSPS) is 10.8. The minimum Gasteiger partial charge on any atom is -2.00 e. The smallest absolute Gasteiger partial charge is 2.00 e. The quantitative estimate of drug-likeness (QED) is 0.0131. The van der Waals surface area contributed by atoms with Crippen molar-refractivity contribution in [2.24, 2.45) is 0 Å². The van der Waals surface area contributed by atoms with E-state index in [0.717, 1.165) is 20.5 Å². The number of nitrogens with zero attached hydrogens (tertiary/aromatic N) is 6. The van der Waals surface area contributed by atoms with Crippen LogP contribution in [0.1, 0.15) is 78.5 Å². The molecule has 124 heavy (non-hydrogen) atoms. The number of carboxylic acid groups (broad SMARTS) is 2. The number of halogens is 11. The van der Waals surface area contributed by atoms with Crippen LogP contribution >= 0.6 is 23.2 Å². The Bertz CT molecular complexity index is 4330. The first kappa shape index (κ1) is 127. The molecule has 0 fully saturated rings. The summed E-state index contributed by atoms with van der Waals surface area (Å²) in [7, 11) is -11.7. The Morgan fingerprint density at radius 2 is 0.540 bits per heavy atom. The molecule has 10 aromatic rings. The van der Waals surface area contributed by atoms with E-state index in [2.05, 4.69) is 48.9 Å². The van der Waals surface area contributed by atoms with E-state index in [4.69, 9.17) is 86.7 Å². The molecule has 3 radical (unpaired) electrons. The number of carbonyl (C=O) groups excluding carboxylic acids is 2. The molecule has 0 aliphatic rings. The van der Waals surface area contributed by atoms with Crippen LogP contribution in [0.15, 0.2) is 237 Å². The van der Waals surface area contributed by atoms with E-state index in [9.17, 15) is 39.5 Å². The van der Waals surface area contributed by atoms with Gasteiger partial charge in [-0.1, -0.05) is 109 Å². The number of carboxylic acids is 2. The topological polar surface area (TPSA) is 503 Å². The van der Waals surface area contributed by atoms with Crippen LogP contribution in [0.25, 0.3) is 33.4 Å². The monoisotopic (exact) mass is 2000 g/mol. The number of hydrogen-bond donors (Lipinski definition) is 0. The summed E-state index contributed by atoms with van der Waals surface area (Å²) in [5.74, 6) is -2.17. The molecule has 0 aliphatic heterocycles. The van der Waals surface area contributed by atoms with Crippen molar-refractivity contribution >= 4 is 65.5 Å². The van der Waals surface area contributed by atoms with Crippen LogP contribution in [0, 0.1) is 6.61 Å². The molecule has 0 unspecified atom stereocenters. The maximum atomic E-state index is 16.0. The summed E-state index contributed by atoms with van der Waals surface area (Å²) in [5, 5.41) is 65.9. The third-order valence-electron chi connectivity index (χ3n) is 14.1. The van der Waals surface area contributed by atoms with Crippen LogP contribution in [-0.2, 0) is 163 Å². The van der Waals surface area contributed by atoms with E-state index in [0.29, 0.717) is 76.5 Å². The average Bonchev–Trinajstić information content (AvgIpc) is 0.737. The number of aliphatic carboxylic acids is 2.